The number of hydrogen-bond donors (Lipinski definition) is 0. The second kappa shape index (κ2) is 7.51. The summed E-state index contributed by atoms with van der Waals surface area (Å²) in [5, 5.41) is 0.640. The van der Waals surface area contributed by atoms with Gasteiger partial charge in [-0.1, -0.05) is 11.6 Å². The molecule has 138 valence electrons. The van der Waals surface area contributed by atoms with Crippen molar-refractivity contribution in [3.05, 3.63) is 28.8 Å². The first-order valence-corrected chi connectivity index (χ1v) is 10.7. The monoisotopic (exact) mass is 386 g/mol. The lowest BCUT2D eigenvalue weighted by molar-refractivity contribution is -0.135. The van der Waals surface area contributed by atoms with Crippen molar-refractivity contribution in [2.45, 2.75) is 19.4 Å². The minimum absolute atomic E-state index is 0.000278. The molecule has 0 radical (unpaired) electrons. The highest BCUT2D eigenvalue weighted by molar-refractivity contribution is 7.91. The first-order valence-electron chi connectivity index (χ1n) is 8.45. The van der Waals surface area contributed by atoms with Gasteiger partial charge < -0.3 is 9.64 Å². The summed E-state index contributed by atoms with van der Waals surface area (Å²) in [5.74, 6) is 1.14. The van der Waals surface area contributed by atoms with Gasteiger partial charge in [0.1, 0.15) is 5.75 Å². The molecule has 2 saturated heterocycles. The number of ether oxygens (including phenoxy) is 1. The average molecular weight is 387 g/mol. The van der Waals surface area contributed by atoms with Gasteiger partial charge in [-0.05, 0) is 37.1 Å². The molecule has 2 aliphatic heterocycles. The molecule has 3 rings (SSSR count). The van der Waals surface area contributed by atoms with Crippen molar-refractivity contribution in [3.63, 3.8) is 0 Å². The van der Waals surface area contributed by atoms with Crippen LogP contribution in [0.25, 0.3) is 0 Å². The molecule has 2 aliphatic rings. The van der Waals surface area contributed by atoms with Gasteiger partial charge in [0, 0.05) is 37.2 Å². The summed E-state index contributed by atoms with van der Waals surface area (Å²) in [5.41, 5.74) is 0.896. The van der Waals surface area contributed by atoms with Crippen LogP contribution in [0.3, 0.4) is 0 Å². The quantitative estimate of drug-likeness (QED) is 0.781. The Balaban J connectivity index is 1.47. The molecule has 2 heterocycles. The number of rotatable bonds is 4. The van der Waals surface area contributed by atoms with Crippen molar-refractivity contribution in [1.29, 1.82) is 0 Å². The molecule has 0 aromatic heterocycles. The fourth-order valence-electron chi connectivity index (χ4n) is 3.41. The van der Waals surface area contributed by atoms with Crippen LogP contribution in [-0.2, 0) is 14.6 Å². The smallest absolute Gasteiger partial charge is 0.260 e. The van der Waals surface area contributed by atoms with E-state index in [1.807, 2.05) is 6.92 Å². The fraction of sp³-hybridized carbons (Fsp3) is 0.588. The van der Waals surface area contributed by atoms with Crippen LogP contribution < -0.4 is 4.74 Å². The molecule has 1 atom stereocenters. The Morgan fingerprint density at radius 3 is 2.60 bits per heavy atom. The molecule has 8 heteroatoms. The predicted octanol–water partition coefficient (Wildman–Crippen LogP) is 1.36. The van der Waals surface area contributed by atoms with E-state index >= 15 is 0 Å². The number of halogens is 1. The van der Waals surface area contributed by atoms with E-state index in [0.29, 0.717) is 43.4 Å². The molecule has 6 nitrogen and oxygen atoms in total. The van der Waals surface area contributed by atoms with Crippen LogP contribution in [0.2, 0.25) is 5.02 Å². The van der Waals surface area contributed by atoms with Crippen LogP contribution in [0.15, 0.2) is 18.2 Å². The molecular formula is C17H23ClN2O4S. The molecule has 2 fully saturated rings. The Bertz CT molecular complexity index is 745. The number of benzene rings is 1. The number of hydrogen-bond acceptors (Lipinski definition) is 5. The lowest BCUT2D eigenvalue weighted by atomic mass is 10.2. The number of nitrogens with zero attached hydrogens (tertiary/aromatic N) is 2. The maximum Gasteiger partial charge on any atom is 0.260 e. The van der Waals surface area contributed by atoms with Gasteiger partial charge in [0.2, 0.25) is 0 Å². The van der Waals surface area contributed by atoms with E-state index < -0.39 is 9.84 Å². The van der Waals surface area contributed by atoms with Crippen molar-refractivity contribution >= 4 is 27.3 Å². The molecule has 1 amide bonds. The molecule has 0 unspecified atom stereocenters. The summed E-state index contributed by atoms with van der Waals surface area (Å²) in [6.07, 6.45) is 0.704. The number of sulfone groups is 1. The van der Waals surface area contributed by atoms with Gasteiger partial charge in [-0.25, -0.2) is 8.42 Å². The largest absolute Gasteiger partial charge is 0.483 e. The lowest BCUT2D eigenvalue weighted by Crippen LogP contribution is -2.53. The van der Waals surface area contributed by atoms with Gasteiger partial charge in [-0.2, -0.15) is 0 Å². The first-order chi connectivity index (χ1) is 11.8. The van der Waals surface area contributed by atoms with Gasteiger partial charge in [0.25, 0.3) is 5.91 Å². The maximum absolute atomic E-state index is 12.3. The van der Waals surface area contributed by atoms with Gasteiger partial charge in [-0.15, -0.1) is 0 Å². The zero-order chi connectivity index (χ0) is 18.0. The number of carbonyl (C=O) groups is 1. The topological polar surface area (TPSA) is 66.9 Å². The number of aryl methyl sites for hydroxylation is 1. The summed E-state index contributed by atoms with van der Waals surface area (Å²) >= 11 is 5.91. The number of carbonyl (C=O) groups excluding carboxylic acids is 1. The Morgan fingerprint density at radius 1 is 1.28 bits per heavy atom. The van der Waals surface area contributed by atoms with Crippen LogP contribution in [0.1, 0.15) is 12.0 Å². The minimum Gasteiger partial charge on any atom is -0.483 e. The molecule has 0 aliphatic carbocycles. The van der Waals surface area contributed by atoms with E-state index in [-0.39, 0.29) is 30.1 Å². The van der Waals surface area contributed by atoms with Crippen LogP contribution >= 0.6 is 11.6 Å². The number of piperazine rings is 1. The predicted molar refractivity (Wildman–Crippen MR) is 96.9 cm³/mol. The SMILES string of the molecule is Cc1cc(Cl)ccc1OCC(=O)N1CCN([C@@H]2CCS(=O)(=O)C2)CC1. The Hall–Kier alpha value is -1.31. The third kappa shape index (κ3) is 4.65. The molecular weight excluding hydrogens is 364 g/mol. The number of amides is 1. The van der Waals surface area contributed by atoms with Crippen LogP contribution in [0.5, 0.6) is 5.75 Å². The van der Waals surface area contributed by atoms with Gasteiger partial charge in [0.05, 0.1) is 11.5 Å². The molecule has 1 aromatic carbocycles. The molecule has 1 aromatic rings. The normalized spacial score (nSPS) is 23.6. The molecule has 0 N–H and O–H groups in total. The summed E-state index contributed by atoms with van der Waals surface area (Å²) in [6.45, 7) is 4.54. The molecule has 0 spiro atoms. The maximum atomic E-state index is 12.3. The van der Waals surface area contributed by atoms with E-state index in [0.717, 1.165) is 5.56 Å². The summed E-state index contributed by atoms with van der Waals surface area (Å²) in [7, 11) is -2.87. The van der Waals surface area contributed by atoms with Crippen LogP contribution in [0.4, 0.5) is 0 Å². The Morgan fingerprint density at radius 2 is 2.00 bits per heavy atom. The van der Waals surface area contributed by atoms with E-state index in [9.17, 15) is 13.2 Å². The van der Waals surface area contributed by atoms with Crippen molar-refractivity contribution in [2.75, 3.05) is 44.3 Å². The van der Waals surface area contributed by atoms with Crippen molar-refractivity contribution in [1.82, 2.24) is 9.80 Å². The highest BCUT2D eigenvalue weighted by Crippen LogP contribution is 2.22. The summed E-state index contributed by atoms with van der Waals surface area (Å²) < 4.78 is 28.8. The average Bonchev–Trinajstić information content (AvgIpc) is 2.94. The van der Waals surface area contributed by atoms with Gasteiger partial charge >= 0.3 is 0 Å². The van der Waals surface area contributed by atoms with Gasteiger partial charge in [0.15, 0.2) is 16.4 Å². The van der Waals surface area contributed by atoms with E-state index in [1.165, 1.54) is 0 Å². The van der Waals surface area contributed by atoms with Crippen LogP contribution in [-0.4, -0.2) is 74.5 Å². The summed E-state index contributed by atoms with van der Waals surface area (Å²) in [6, 6.07) is 5.41. The Labute approximate surface area is 153 Å². The Kier molecular flexibility index (Phi) is 5.55. The highest BCUT2D eigenvalue weighted by atomic mass is 35.5. The van der Waals surface area contributed by atoms with Crippen molar-refractivity contribution < 1.29 is 17.9 Å². The molecule has 0 bridgehead atoms. The third-order valence-electron chi connectivity index (χ3n) is 4.88. The molecule has 25 heavy (non-hydrogen) atoms. The zero-order valence-corrected chi connectivity index (χ0v) is 15.9. The minimum atomic E-state index is -2.87. The van der Waals surface area contributed by atoms with E-state index in [2.05, 4.69) is 4.90 Å². The van der Waals surface area contributed by atoms with Crippen molar-refractivity contribution in [3.8, 4) is 5.75 Å². The van der Waals surface area contributed by atoms with Gasteiger partial charge in [-0.3, -0.25) is 9.69 Å². The summed E-state index contributed by atoms with van der Waals surface area (Å²) in [4.78, 5) is 16.3. The first kappa shape index (κ1) is 18.5. The van der Waals surface area contributed by atoms with Crippen molar-refractivity contribution in [2.24, 2.45) is 0 Å². The fourth-order valence-corrected chi connectivity index (χ4v) is 5.39. The molecule has 0 saturated carbocycles. The second-order valence-corrected chi connectivity index (χ2v) is 9.34. The van der Waals surface area contributed by atoms with E-state index in [4.69, 9.17) is 16.3 Å². The standard InChI is InChI=1S/C17H23ClN2O4S/c1-13-10-14(18)2-3-16(13)24-11-17(21)20-7-5-19(6-8-20)15-4-9-25(22,23)12-15/h2-3,10,15H,4-9,11-12H2,1H3/t15-/m1/s1. The second-order valence-electron chi connectivity index (χ2n) is 6.67. The zero-order valence-electron chi connectivity index (χ0n) is 14.3. The van der Waals surface area contributed by atoms with E-state index in [1.54, 1.807) is 23.1 Å². The third-order valence-corrected chi connectivity index (χ3v) is 6.87. The van der Waals surface area contributed by atoms with Crippen LogP contribution in [0, 0.1) is 6.92 Å². The highest BCUT2D eigenvalue weighted by Gasteiger charge is 2.34. The lowest BCUT2D eigenvalue weighted by Gasteiger charge is -2.37.